The molecular formula is C21H21ClN4O. The number of fused-ring (bicyclic) bond motifs is 1. The van der Waals surface area contributed by atoms with Crippen LogP contribution < -0.4 is 5.32 Å². The predicted octanol–water partition coefficient (Wildman–Crippen LogP) is 4.57. The van der Waals surface area contributed by atoms with E-state index in [9.17, 15) is 4.79 Å². The van der Waals surface area contributed by atoms with E-state index in [1.165, 1.54) is 0 Å². The van der Waals surface area contributed by atoms with E-state index >= 15 is 0 Å². The van der Waals surface area contributed by atoms with Crippen molar-refractivity contribution in [2.45, 2.75) is 19.9 Å². The van der Waals surface area contributed by atoms with E-state index in [1.807, 2.05) is 37.3 Å². The summed E-state index contributed by atoms with van der Waals surface area (Å²) < 4.78 is 2.06. The number of aliphatic imine (C=N–C) groups is 1. The third kappa shape index (κ3) is 4.26. The summed E-state index contributed by atoms with van der Waals surface area (Å²) in [6.07, 6.45) is 2.84. The molecule has 2 aromatic carbocycles. The molecule has 1 heterocycles. The Bertz CT molecular complexity index is 989. The highest BCUT2D eigenvalue weighted by atomic mass is 35.5. The smallest absolute Gasteiger partial charge is 0.251 e. The number of benzene rings is 2. The Morgan fingerprint density at radius 1 is 1.26 bits per heavy atom. The van der Waals surface area contributed by atoms with Crippen LogP contribution in [-0.4, -0.2) is 28.7 Å². The summed E-state index contributed by atoms with van der Waals surface area (Å²) in [6.45, 7) is 6.76. The first-order valence-electron chi connectivity index (χ1n) is 8.80. The number of rotatable bonds is 7. The molecule has 0 atom stereocenters. The number of hydrogen-bond acceptors (Lipinski definition) is 3. The van der Waals surface area contributed by atoms with Gasteiger partial charge in [0, 0.05) is 23.7 Å². The van der Waals surface area contributed by atoms with Gasteiger partial charge in [0.05, 0.1) is 11.0 Å². The van der Waals surface area contributed by atoms with Crippen molar-refractivity contribution < 1.29 is 4.79 Å². The summed E-state index contributed by atoms with van der Waals surface area (Å²) in [5.41, 5.74) is 3.22. The lowest BCUT2D eigenvalue weighted by Crippen LogP contribution is -2.27. The fourth-order valence-corrected chi connectivity index (χ4v) is 3.03. The molecule has 0 saturated carbocycles. The molecule has 27 heavy (non-hydrogen) atoms. The van der Waals surface area contributed by atoms with Crippen molar-refractivity contribution in [3.63, 3.8) is 0 Å². The van der Waals surface area contributed by atoms with Gasteiger partial charge in [-0.1, -0.05) is 36.7 Å². The molecule has 3 rings (SSSR count). The van der Waals surface area contributed by atoms with Crippen LogP contribution in [0, 0.1) is 0 Å². The van der Waals surface area contributed by atoms with Crippen molar-refractivity contribution in [2.24, 2.45) is 4.99 Å². The van der Waals surface area contributed by atoms with Gasteiger partial charge >= 0.3 is 0 Å². The largest absolute Gasteiger partial charge is 0.350 e. The summed E-state index contributed by atoms with van der Waals surface area (Å²) in [4.78, 5) is 21.1. The standard InChI is InChI=1S/C21H21ClN4O/c1-3-6-18(23-2)20-25-17-7-4-5-8-19(17)26(20)14-13-24-21(27)15-9-11-16(22)12-10-15/h4-12H,2-3,13-14H2,1H3,(H,24,27). The first-order chi connectivity index (χ1) is 13.1. The van der Waals surface area contributed by atoms with Crippen LogP contribution >= 0.6 is 11.6 Å². The van der Waals surface area contributed by atoms with E-state index in [4.69, 9.17) is 16.6 Å². The summed E-state index contributed by atoms with van der Waals surface area (Å²) in [6, 6.07) is 14.7. The Morgan fingerprint density at radius 3 is 2.70 bits per heavy atom. The summed E-state index contributed by atoms with van der Waals surface area (Å²) >= 11 is 5.87. The molecular weight excluding hydrogens is 360 g/mol. The van der Waals surface area contributed by atoms with Gasteiger partial charge in [-0.3, -0.25) is 9.79 Å². The molecule has 1 aromatic heterocycles. The quantitative estimate of drug-likeness (QED) is 0.610. The first kappa shape index (κ1) is 18.9. The monoisotopic (exact) mass is 380 g/mol. The Kier molecular flexibility index (Phi) is 6.04. The second-order valence-corrected chi connectivity index (χ2v) is 6.43. The molecule has 0 unspecified atom stereocenters. The Morgan fingerprint density at radius 2 is 2.00 bits per heavy atom. The lowest BCUT2D eigenvalue weighted by Gasteiger charge is -2.11. The maximum Gasteiger partial charge on any atom is 0.251 e. The molecule has 0 radical (unpaired) electrons. The van der Waals surface area contributed by atoms with Gasteiger partial charge in [0.1, 0.15) is 5.70 Å². The molecule has 0 saturated heterocycles. The molecule has 1 amide bonds. The molecule has 0 bridgehead atoms. The van der Waals surface area contributed by atoms with Gasteiger partial charge in [0.25, 0.3) is 5.91 Å². The minimum Gasteiger partial charge on any atom is -0.350 e. The Hall–Kier alpha value is -2.92. The lowest BCUT2D eigenvalue weighted by molar-refractivity contribution is 0.0952. The molecule has 0 fully saturated rings. The summed E-state index contributed by atoms with van der Waals surface area (Å²) in [7, 11) is 0. The predicted molar refractivity (Wildman–Crippen MR) is 111 cm³/mol. The number of allylic oxidation sites excluding steroid dienone is 1. The van der Waals surface area contributed by atoms with E-state index in [-0.39, 0.29) is 5.91 Å². The zero-order chi connectivity index (χ0) is 19.2. The van der Waals surface area contributed by atoms with E-state index in [2.05, 4.69) is 21.6 Å². The number of amides is 1. The maximum atomic E-state index is 12.3. The van der Waals surface area contributed by atoms with Gasteiger partial charge < -0.3 is 9.88 Å². The minimum atomic E-state index is -0.135. The Labute approximate surface area is 163 Å². The first-order valence-corrected chi connectivity index (χ1v) is 9.18. The van der Waals surface area contributed by atoms with Gasteiger partial charge in [0.15, 0.2) is 5.82 Å². The normalized spacial score (nSPS) is 11.6. The Balaban J connectivity index is 1.81. The molecule has 0 aliphatic carbocycles. The van der Waals surface area contributed by atoms with E-state index < -0.39 is 0 Å². The second-order valence-electron chi connectivity index (χ2n) is 5.99. The summed E-state index contributed by atoms with van der Waals surface area (Å²) in [5, 5.41) is 3.55. The van der Waals surface area contributed by atoms with Crippen LogP contribution in [0.2, 0.25) is 5.02 Å². The number of carbonyl (C=O) groups is 1. The number of hydrogen-bond donors (Lipinski definition) is 1. The molecule has 0 spiro atoms. The third-order valence-corrected chi connectivity index (χ3v) is 4.43. The van der Waals surface area contributed by atoms with Crippen LogP contribution in [0.3, 0.4) is 0 Å². The van der Waals surface area contributed by atoms with Gasteiger partial charge in [-0.05, 0) is 49.5 Å². The lowest BCUT2D eigenvalue weighted by atomic mass is 10.2. The van der Waals surface area contributed by atoms with E-state index in [0.717, 1.165) is 29.0 Å². The average molecular weight is 381 g/mol. The highest BCUT2D eigenvalue weighted by Gasteiger charge is 2.14. The number of aromatic nitrogens is 2. The van der Waals surface area contributed by atoms with E-state index in [1.54, 1.807) is 24.3 Å². The maximum absolute atomic E-state index is 12.3. The number of halogens is 1. The van der Waals surface area contributed by atoms with Crippen LogP contribution in [0.4, 0.5) is 0 Å². The van der Waals surface area contributed by atoms with Gasteiger partial charge in [-0.25, -0.2) is 4.98 Å². The van der Waals surface area contributed by atoms with Crippen molar-refractivity contribution in [1.82, 2.24) is 14.9 Å². The van der Waals surface area contributed by atoms with Gasteiger partial charge in [-0.15, -0.1) is 0 Å². The molecule has 1 N–H and O–H groups in total. The second kappa shape index (κ2) is 8.64. The van der Waals surface area contributed by atoms with Crippen molar-refractivity contribution in [3.05, 3.63) is 71.0 Å². The zero-order valence-electron chi connectivity index (χ0n) is 15.2. The molecule has 0 aliphatic rings. The van der Waals surface area contributed by atoms with Crippen molar-refractivity contribution in [2.75, 3.05) is 6.54 Å². The molecule has 6 heteroatoms. The summed E-state index contributed by atoms with van der Waals surface area (Å²) in [5.74, 6) is 0.623. The van der Waals surface area contributed by atoms with Crippen LogP contribution in [0.1, 0.15) is 29.5 Å². The number of nitrogens with zero attached hydrogens (tertiary/aromatic N) is 3. The van der Waals surface area contributed by atoms with Crippen LogP contribution in [0.5, 0.6) is 0 Å². The van der Waals surface area contributed by atoms with Gasteiger partial charge in [-0.2, -0.15) is 0 Å². The van der Waals surface area contributed by atoms with Crippen molar-refractivity contribution >= 4 is 41.0 Å². The fraction of sp³-hybridized carbons (Fsp3) is 0.190. The van der Waals surface area contributed by atoms with Crippen molar-refractivity contribution in [1.29, 1.82) is 0 Å². The van der Waals surface area contributed by atoms with Crippen LogP contribution in [-0.2, 0) is 6.54 Å². The van der Waals surface area contributed by atoms with Crippen LogP contribution in [0.15, 0.2) is 59.6 Å². The van der Waals surface area contributed by atoms with Gasteiger partial charge in [0.2, 0.25) is 0 Å². The number of imidazole rings is 1. The number of para-hydroxylation sites is 2. The molecule has 3 aromatic rings. The van der Waals surface area contributed by atoms with Crippen LogP contribution in [0.25, 0.3) is 16.7 Å². The highest BCUT2D eigenvalue weighted by Crippen LogP contribution is 2.22. The van der Waals surface area contributed by atoms with Crippen molar-refractivity contribution in [3.8, 4) is 0 Å². The molecule has 0 aliphatic heterocycles. The highest BCUT2D eigenvalue weighted by molar-refractivity contribution is 6.30. The molecule has 138 valence electrons. The van der Waals surface area contributed by atoms with E-state index in [0.29, 0.717) is 23.7 Å². The molecule has 5 nitrogen and oxygen atoms in total. The third-order valence-electron chi connectivity index (χ3n) is 4.18. The number of carbonyl (C=O) groups excluding carboxylic acids is 1. The SMILES string of the molecule is C=NC(=CCC)c1nc2ccccc2n1CCNC(=O)c1ccc(Cl)cc1. The average Bonchev–Trinajstić information content (AvgIpc) is 3.05. The topological polar surface area (TPSA) is 59.3 Å². The zero-order valence-corrected chi connectivity index (χ0v) is 15.9. The minimum absolute atomic E-state index is 0.135. The number of nitrogens with one attached hydrogen (secondary N) is 1. The fourth-order valence-electron chi connectivity index (χ4n) is 2.90.